The molecular formula is C20H23BrN2O5. The summed E-state index contributed by atoms with van der Waals surface area (Å²) in [4.78, 5) is 26.8. The summed E-state index contributed by atoms with van der Waals surface area (Å²) in [5.74, 6) is 0.973. The molecule has 0 aliphatic carbocycles. The zero-order valence-corrected chi connectivity index (χ0v) is 17.8. The fourth-order valence-corrected chi connectivity index (χ4v) is 3.13. The normalized spacial score (nSPS) is 10.2. The van der Waals surface area contributed by atoms with Crippen LogP contribution in [0.15, 0.2) is 40.9 Å². The number of anilines is 1. The zero-order valence-electron chi connectivity index (χ0n) is 16.2. The van der Waals surface area contributed by atoms with Gasteiger partial charge in [-0.05, 0) is 47.1 Å². The van der Waals surface area contributed by atoms with Gasteiger partial charge in [0.2, 0.25) is 5.91 Å². The highest BCUT2D eigenvalue weighted by atomic mass is 79.9. The summed E-state index contributed by atoms with van der Waals surface area (Å²) in [5.41, 5.74) is 0.966. The van der Waals surface area contributed by atoms with Crippen molar-refractivity contribution in [1.82, 2.24) is 4.90 Å². The number of likely N-dealkylation sites (N-methyl/N-ethyl adjacent to an activating group) is 1. The average molecular weight is 451 g/mol. The first kappa shape index (κ1) is 21.6. The molecule has 2 aromatic carbocycles. The number of carbonyl (C=O) groups excluding carboxylic acids is 2. The van der Waals surface area contributed by atoms with Crippen molar-refractivity contribution in [3.05, 3.63) is 46.4 Å². The highest BCUT2D eigenvalue weighted by Crippen LogP contribution is 2.35. The molecule has 0 saturated carbocycles. The van der Waals surface area contributed by atoms with Gasteiger partial charge >= 0.3 is 0 Å². The molecule has 0 aliphatic rings. The van der Waals surface area contributed by atoms with Crippen LogP contribution in [0.25, 0.3) is 0 Å². The number of amides is 2. The Morgan fingerprint density at radius 1 is 1.04 bits per heavy atom. The maximum Gasteiger partial charge on any atom is 0.254 e. The summed E-state index contributed by atoms with van der Waals surface area (Å²) >= 11 is 3.38. The highest BCUT2D eigenvalue weighted by molar-refractivity contribution is 9.10. The van der Waals surface area contributed by atoms with Gasteiger partial charge in [-0.1, -0.05) is 6.07 Å². The van der Waals surface area contributed by atoms with Crippen LogP contribution in [0.3, 0.4) is 0 Å². The number of methoxy groups -OCH3 is 3. The summed E-state index contributed by atoms with van der Waals surface area (Å²) in [6.45, 7) is 2.09. The number of benzene rings is 2. The lowest BCUT2D eigenvalue weighted by Gasteiger charge is -2.21. The molecule has 1 N–H and O–H groups in total. The minimum atomic E-state index is -0.306. The van der Waals surface area contributed by atoms with Crippen molar-refractivity contribution in [1.29, 1.82) is 0 Å². The second-order valence-corrected chi connectivity index (χ2v) is 6.59. The Balaban J connectivity index is 2.16. The molecule has 0 aliphatic heterocycles. The Bertz CT molecular complexity index is 831. The van der Waals surface area contributed by atoms with Gasteiger partial charge in [-0.3, -0.25) is 9.59 Å². The molecule has 2 aromatic rings. The van der Waals surface area contributed by atoms with Crippen LogP contribution in [-0.4, -0.2) is 51.1 Å². The van der Waals surface area contributed by atoms with Crippen LogP contribution >= 0.6 is 15.9 Å². The van der Waals surface area contributed by atoms with Crippen LogP contribution in [-0.2, 0) is 4.79 Å². The Hall–Kier alpha value is -2.74. The second kappa shape index (κ2) is 9.98. The molecule has 2 rings (SSSR count). The molecule has 8 heteroatoms. The molecule has 2 amide bonds. The van der Waals surface area contributed by atoms with Gasteiger partial charge in [0.1, 0.15) is 28.3 Å². The highest BCUT2D eigenvalue weighted by Gasteiger charge is 2.21. The number of halogens is 1. The number of nitrogens with one attached hydrogen (secondary N) is 1. The molecule has 0 fully saturated rings. The quantitative estimate of drug-likeness (QED) is 0.664. The van der Waals surface area contributed by atoms with E-state index in [1.807, 2.05) is 6.92 Å². The Morgan fingerprint density at radius 3 is 2.21 bits per heavy atom. The van der Waals surface area contributed by atoms with E-state index in [4.69, 9.17) is 14.2 Å². The smallest absolute Gasteiger partial charge is 0.254 e. The first-order valence-electron chi connectivity index (χ1n) is 8.58. The van der Waals surface area contributed by atoms with E-state index < -0.39 is 0 Å². The number of rotatable bonds is 8. The van der Waals surface area contributed by atoms with E-state index in [0.717, 1.165) is 0 Å². The lowest BCUT2D eigenvalue weighted by atomic mass is 10.1. The van der Waals surface area contributed by atoms with Crippen molar-refractivity contribution in [3.8, 4) is 17.2 Å². The van der Waals surface area contributed by atoms with E-state index in [1.165, 1.54) is 19.1 Å². The summed E-state index contributed by atoms with van der Waals surface area (Å²) in [7, 11) is 4.57. The molecule has 0 radical (unpaired) electrons. The molecular weight excluding hydrogens is 428 g/mol. The minimum absolute atomic E-state index is 0.0900. The van der Waals surface area contributed by atoms with Crippen molar-refractivity contribution in [2.45, 2.75) is 6.92 Å². The molecule has 7 nitrogen and oxygen atoms in total. The molecule has 28 heavy (non-hydrogen) atoms. The van der Waals surface area contributed by atoms with Crippen LogP contribution in [0.5, 0.6) is 17.2 Å². The molecule has 0 bridgehead atoms. The maximum absolute atomic E-state index is 12.9. The average Bonchev–Trinajstić information content (AvgIpc) is 2.71. The molecule has 0 unspecified atom stereocenters. The third kappa shape index (κ3) is 5.16. The predicted molar refractivity (Wildman–Crippen MR) is 110 cm³/mol. The topological polar surface area (TPSA) is 77.1 Å². The van der Waals surface area contributed by atoms with Crippen LogP contribution in [0.2, 0.25) is 0 Å². The van der Waals surface area contributed by atoms with Gasteiger partial charge in [0.15, 0.2) is 0 Å². The SMILES string of the molecule is CCN(CC(=O)Nc1cccc(OC)c1)C(=O)c1cc(OC)c(Br)c(OC)c1. The van der Waals surface area contributed by atoms with E-state index >= 15 is 0 Å². The maximum atomic E-state index is 12.9. The van der Waals surface area contributed by atoms with E-state index in [-0.39, 0.29) is 18.4 Å². The Kier molecular flexibility index (Phi) is 7.69. The molecule has 0 spiro atoms. The number of hydrogen-bond acceptors (Lipinski definition) is 5. The number of carbonyl (C=O) groups is 2. The van der Waals surface area contributed by atoms with E-state index in [0.29, 0.717) is 39.5 Å². The fourth-order valence-electron chi connectivity index (χ4n) is 2.58. The lowest BCUT2D eigenvalue weighted by molar-refractivity contribution is -0.116. The van der Waals surface area contributed by atoms with Gasteiger partial charge in [-0.2, -0.15) is 0 Å². The van der Waals surface area contributed by atoms with Gasteiger partial charge in [-0.25, -0.2) is 0 Å². The zero-order chi connectivity index (χ0) is 20.7. The van der Waals surface area contributed by atoms with E-state index in [9.17, 15) is 9.59 Å². The second-order valence-electron chi connectivity index (χ2n) is 5.79. The van der Waals surface area contributed by atoms with Crippen LogP contribution in [0.4, 0.5) is 5.69 Å². The lowest BCUT2D eigenvalue weighted by Crippen LogP contribution is -2.37. The number of nitrogens with zero attached hydrogens (tertiary/aromatic N) is 1. The van der Waals surface area contributed by atoms with Crippen molar-refractivity contribution >= 4 is 33.4 Å². The minimum Gasteiger partial charge on any atom is -0.497 e. The van der Waals surface area contributed by atoms with E-state index in [1.54, 1.807) is 43.5 Å². The van der Waals surface area contributed by atoms with Crippen molar-refractivity contribution in [2.24, 2.45) is 0 Å². The largest absolute Gasteiger partial charge is 0.497 e. The molecule has 0 atom stereocenters. The Morgan fingerprint density at radius 2 is 1.68 bits per heavy atom. The predicted octanol–water partition coefficient (Wildman–Crippen LogP) is 3.58. The van der Waals surface area contributed by atoms with Crippen molar-refractivity contribution in [2.75, 3.05) is 39.7 Å². The molecule has 150 valence electrons. The number of ether oxygens (including phenoxy) is 3. The van der Waals surface area contributed by atoms with Gasteiger partial charge in [0.25, 0.3) is 5.91 Å². The van der Waals surface area contributed by atoms with Gasteiger partial charge in [-0.15, -0.1) is 0 Å². The fraction of sp³-hybridized carbons (Fsp3) is 0.300. The molecule has 0 heterocycles. The molecule has 0 saturated heterocycles. The van der Waals surface area contributed by atoms with Crippen molar-refractivity contribution in [3.63, 3.8) is 0 Å². The monoisotopic (exact) mass is 450 g/mol. The van der Waals surface area contributed by atoms with E-state index in [2.05, 4.69) is 21.2 Å². The van der Waals surface area contributed by atoms with Crippen LogP contribution in [0, 0.1) is 0 Å². The van der Waals surface area contributed by atoms with Crippen molar-refractivity contribution < 1.29 is 23.8 Å². The summed E-state index contributed by atoms with van der Waals surface area (Å²) in [6, 6.07) is 10.2. The number of hydrogen-bond donors (Lipinski definition) is 1. The van der Waals surface area contributed by atoms with Crippen LogP contribution < -0.4 is 19.5 Å². The third-order valence-electron chi connectivity index (χ3n) is 4.05. The third-order valence-corrected chi connectivity index (χ3v) is 4.83. The standard InChI is InChI=1S/C20H23BrN2O5/c1-5-23(12-18(24)22-14-7-6-8-15(11-14)26-2)20(25)13-9-16(27-3)19(21)17(10-13)28-4/h6-11H,5,12H2,1-4H3,(H,22,24). The first-order valence-corrected chi connectivity index (χ1v) is 9.37. The summed E-state index contributed by atoms with van der Waals surface area (Å²) < 4.78 is 16.3. The first-order chi connectivity index (χ1) is 13.4. The van der Waals surface area contributed by atoms with Gasteiger partial charge in [0.05, 0.1) is 21.3 Å². The van der Waals surface area contributed by atoms with Gasteiger partial charge in [0, 0.05) is 23.9 Å². The summed E-state index contributed by atoms with van der Waals surface area (Å²) in [5, 5.41) is 2.77. The Labute approximate surface area is 172 Å². The van der Waals surface area contributed by atoms with Crippen LogP contribution in [0.1, 0.15) is 17.3 Å². The van der Waals surface area contributed by atoms with Gasteiger partial charge < -0.3 is 24.4 Å². The summed E-state index contributed by atoms with van der Waals surface area (Å²) in [6.07, 6.45) is 0. The molecule has 0 aromatic heterocycles.